The molecule has 1 aliphatic heterocycles. The van der Waals surface area contributed by atoms with Gasteiger partial charge in [0.15, 0.2) is 5.58 Å². The molecule has 7 nitrogen and oxygen atoms in total. The third kappa shape index (κ3) is 4.28. The Bertz CT molecular complexity index is 1110. The highest BCUT2D eigenvalue weighted by Gasteiger charge is 2.21. The number of fused-ring (bicyclic) bond motifs is 1. The zero-order valence-corrected chi connectivity index (χ0v) is 17.5. The maximum absolute atomic E-state index is 12.7. The van der Waals surface area contributed by atoms with Crippen LogP contribution in [0.25, 0.3) is 11.1 Å². The second-order valence-electron chi connectivity index (χ2n) is 7.24. The Labute approximate surface area is 178 Å². The molecule has 30 heavy (non-hydrogen) atoms. The van der Waals surface area contributed by atoms with Crippen molar-refractivity contribution in [3.8, 4) is 0 Å². The monoisotopic (exact) mass is 425 g/mol. The van der Waals surface area contributed by atoms with E-state index in [0.29, 0.717) is 23.2 Å². The highest BCUT2D eigenvalue weighted by atomic mass is 32.2. The van der Waals surface area contributed by atoms with Gasteiger partial charge < -0.3 is 14.6 Å². The Morgan fingerprint density at radius 1 is 1.10 bits per heavy atom. The zero-order chi connectivity index (χ0) is 21.1. The van der Waals surface area contributed by atoms with Gasteiger partial charge in [0, 0.05) is 30.3 Å². The first kappa shape index (κ1) is 20.3. The van der Waals surface area contributed by atoms with Crippen molar-refractivity contribution in [1.29, 1.82) is 0 Å². The summed E-state index contributed by atoms with van der Waals surface area (Å²) >= 11 is 1.87. The minimum atomic E-state index is -0.737. The van der Waals surface area contributed by atoms with E-state index in [1.54, 1.807) is 43.3 Å². The highest BCUT2D eigenvalue weighted by molar-refractivity contribution is 7.99. The van der Waals surface area contributed by atoms with E-state index >= 15 is 0 Å². The van der Waals surface area contributed by atoms with Crippen LogP contribution in [0.5, 0.6) is 0 Å². The van der Waals surface area contributed by atoms with E-state index in [1.165, 1.54) is 4.57 Å². The average Bonchev–Trinajstić information content (AvgIpc) is 3.10. The van der Waals surface area contributed by atoms with Gasteiger partial charge >= 0.3 is 5.76 Å². The first-order chi connectivity index (χ1) is 14.5. The number of carbonyl (C=O) groups excluding carboxylic acids is 2. The van der Waals surface area contributed by atoms with E-state index in [-0.39, 0.29) is 11.8 Å². The van der Waals surface area contributed by atoms with Gasteiger partial charge in [-0.1, -0.05) is 24.3 Å². The molecule has 156 valence electrons. The first-order valence-electron chi connectivity index (χ1n) is 9.88. The molecular weight excluding hydrogens is 402 g/mol. The molecule has 2 aromatic carbocycles. The van der Waals surface area contributed by atoms with E-state index in [2.05, 4.69) is 5.32 Å². The van der Waals surface area contributed by atoms with Crippen molar-refractivity contribution in [3.05, 3.63) is 64.6 Å². The molecule has 0 bridgehead atoms. The third-order valence-corrected chi connectivity index (χ3v) is 6.17. The summed E-state index contributed by atoms with van der Waals surface area (Å²) in [7, 11) is 0. The summed E-state index contributed by atoms with van der Waals surface area (Å²) in [6.07, 6.45) is 0.353. The van der Waals surface area contributed by atoms with Crippen LogP contribution in [0.3, 0.4) is 0 Å². The van der Waals surface area contributed by atoms with Crippen molar-refractivity contribution in [1.82, 2.24) is 9.47 Å². The van der Waals surface area contributed by atoms with Crippen LogP contribution >= 0.6 is 11.8 Å². The number of benzene rings is 2. The molecule has 1 unspecified atom stereocenters. The lowest BCUT2D eigenvalue weighted by molar-refractivity contribution is -0.130. The molecule has 2 amide bonds. The SMILES string of the molecule is CC(C(=O)Nc1ccc(CC(=O)N2CCSCC2)cc1)n1c(=O)oc2ccccc21. The topological polar surface area (TPSA) is 84.5 Å². The number of carbonyl (C=O) groups is 2. The molecule has 1 aromatic heterocycles. The van der Waals surface area contributed by atoms with Crippen molar-refractivity contribution >= 4 is 40.4 Å². The molecule has 2 heterocycles. The number of aromatic nitrogens is 1. The minimum absolute atomic E-state index is 0.131. The number of thioether (sulfide) groups is 1. The molecule has 1 N–H and O–H groups in total. The Kier molecular flexibility index (Phi) is 5.94. The van der Waals surface area contributed by atoms with Gasteiger partial charge in [-0.05, 0) is 36.8 Å². The lowest BCUT2D eigenvalue weighted by Crippen LogP contribution is -2.38. The van der Waals surface area contributed by atoms with Crippen molar-refractivity contribution < 1.29 is 14.0 Å². The number of amides is 2. The normalized spacial score (nSPS) is 15.2. The van der Waals surface area contributed by atoms with Crippen molar-refractivity contribution in [2.45, 2.75) is 19.4 Å². The van der Waals surface area contributed by atoms with Crippen molar-refractivity contribution in [2.24, 2.45) is 0 Å². The Hall–Kier alpha value is -3.00. The lowest BCUT2D eigenvalue weighted by Gasteiger charge is -2.26. The van der Waals surface area contributed by atoms with Gasteiger partial charge in [0.05, 0.1) is 11.9 Å². The van der Waals surface area contributed by atoms with Crippen LogP contribution in [0.15, 0.2) is 57.7 Å². The highest BCUT2D eigenvalue weighted by Crippen LogP contribution is 2.19. The summed E-state index contributed by atoms with van der Waals surface area (Å²) in [4.78, 5) is 39.2. The first-order valence-corrected chi connectivity index (χ1v) is 11.0. The van der Waals surface area contributed by atoms with Gasteiger partial charge in [0.2, 0.25) is 11.8 Å². The van der Waals surface area contributed by atoms with E-state index in [9.17, 15) is 14.4 Å². The number of rotatable bonds is 5. The van der Waals surface area contributed by atoms with Gasteiger partial charge in [-0.3, -0.25) is 14.2 Å². The molecular formula is C22H23N3O4S. The molecule has 1 fully saturated rings. The number of para-hydroxylation sites is 2. The maximum Gasteiger partial charge on any atom is 0.420 e. The summed E-state index contributed by atoms with van der Waals surface area (Å²) in [5.74, 6) is 1.22. The number of nitrogens with one attached hydrogen (secondary N) is 1. The molecule has 1 aliphatic rings. The molecule has 1 atom stereocenters. The van der Waals surface area contributed by atoms with Crippen LogP contribution in [0.2, 0.25) is 0 Å². The fourth-order valence-electron chi connectivity index (χ4n) is 3.52. The summed E-state index contributed by atoms with van der Waals surface area (Å²) in [5.41, 5.74) is 2.54. The lowest BCUT2D eigenvalue weighted by atomic mass is 10.1. The summed E-state index contributed by atoms with van der Waals surface area (Å²) in [6.45, 7) is 3.26. The third-order valence-electron chi connectivity index (χ3n) is 5.23. The van der Waals surface area contributed by atoms with Crippen LogP contribution in [0.1, 0.15) is 18.5 Å². The molecule has 0 aliphatic carbocycles. The van der Waals surface area contributed by atoms with Crippen LogP contribution in [-0.4, -0.2) is 45.9 Å². The van der Waals surface area contributed by atoms with E-state index in [1.807, 2.05) is 28.8 Å². The molecule has 1 saturated heterocycles. The standard InChI is InChI=1S/C22H23N3O4S/c1-15(25-18-4-2-3-5-19(18)29-22(25)28)21(27)23-17-8-6-16(7-9-17)14-20(26)24-10-12-30-13-11-24/h2-9,15H,10-14H2,1H3,(H,23,27). The van der Waals surface area contributed by atoms with Gasteiger partial charge in [-0.25, -0.2) is 4.79 Å². The average molecular weight is 426 g/mol. The predicted octanol–water partition coefficient (Wildman–Crippen LogP) is 2.91. The van der Waals surface area contributed by atoms with Crippen molar-refractivity contribution in [3.63, 3.8) is 0 Å². The van der Waals surface area contributed by atoms with Crippen LogP contribution in [0.4, 0.5) is 5.69 Å². The summed E-state index contributed by atoms with van der Waals surface area (Å²) in [6, 6.07) is 13.5. The van der Waals surface area contributed by atoms with Gasteiger partial charge in [-0.2, -0.15) is 11.8 Å². The Morgan fingerprint density at radius 2 is 1.80 bits per heavy atom. The zero-order valence-electron chi connectivity index (χ0n) is 16.7. The van der Waals surface area contributed by atoms with Crippen molar-refractivity contribution in [2.75, 3.05) is 29.9 Å². The largest absolute Gasteiger partial charge is 0.420 e. The summed E-state index contributed by atoms with van der Waals surface area (Å²) < 4.78 is 6.56. The smallest absolute Gasteiger partial charge is 0.408 e. The van der Waals surface area contributed by atoms with Gasteiger partial charge in [0.1, 0.15) is 6.04 Å². The summed E-state index contributed by atoms with van der Waals surface area (Å²) in [5, 5.41) is 2.83. The number of oxazole rings is 1. The number of hydrogen-bond acceptors (Lipinski definition) is 5. The second-order valence-corrected chi connectivity index (χ2v) is 8.46. The predicted molar refractivity (Wildman–Crippen MR) is 118 cm³/mol. The van der Waals surface area contributed by atoms with E-state index in [0.717, 1.165) is 30.2 Å². The fourth-order valence-corrected chi connectivity index (χ4v) is 4.42. The second kappa shape index (κ2) is 8.79. The van der Waals surface area contributed by atoms with Gasteiger partial charge in [-0.15, -0.1) is 0 Å². The quantitative estimate of drug-likeness (QED) is 0.680. The Morgan fingerprint density at radius 3 is 2.53 bits per heavy atom. The van der Waals surface area contributed by atoms with Crippen LogP contribution in [-0.2, 0) is 16.0 Å². The molecule has 0 radical (unpaired) electrons. The fraction of sp³-hybridized carbons (Fsp3) is 0.318. The number of nitrogens with zero attached hydrogens (tertiary/aromatic N) is 2. The maximum atomic E-state index is 12.7. The van der Waals surface area contributed by atoms with Crippen LogP contribution < -0.4 is 11.1 Å². The Balaban J connectivity index is 1.41. The molecule has 0 spiro atoms. The van der Waals surface area contributed by atoms with E-state index < -0.39 is 11.8 Å². The number of anilines is 1. The van der Waals surface area contributed by atoms with E-state index in [4.69, 9.17) is 4.42 Å². The van der Waals surface area contributed by atoms with Crippen LogP contribution in [0, 0.1) is 0 Å². The molecule has 0 saturated carbocycles. The minimum Gasteiger partial charge on any atom is -0.408 e. The molecule has 4 rings (SSSR count). The number of hydrogen-bond donors (Lipinski definition) is 1. The molecule has 3 aromatic rings. The molecule has 8 heteroatoms. The van der Waals surface area contributed by atoms with Gasteiger partial charge in [0.25, 0.3) is 0 Å².